The summed E-state index contributed by atoms with van der Waals surface area (Å²) in [6.45, 7) is 0.972. The van der Waals surface area contributed by atoms with Gasteiger partial charge in [-0.15, -0.1) is 0 Å². The highest BCUT2D eigenvalue weighted by Gasteiger charge is 2.39. The molecule has 4 rings (SSSR count). The number of para-hydroxylation sites is 1. The lowest BCUT2D eigenvalue weighted by molar-refractivity contribution is 0.0484. The zero-order chi connectivity index (χ0) is 19.1. The molecule has 27 heavy (non-hydrogen) atoms. The number of hydrogen-bond donors (Lipinski definition) is 1. The minimum atomic E-state index is -0.580. The summed E-state index contributed by atoms with van der Waals surface area (Å²) in [6, 6.07) is 12.8. The average Bonchev–Trinajstić information content (AvgIpc) is 3.15. The highest BCUT2D eigenvalue weighted by molar-refractivity contribution is 6.35. The van der Waals surface area contributed by atoms with Crippen LogP contribution in [0.4, 0.5) is 10.5 Å². The van der Waals surface area contributed by atoms with Gasteiger partial charge in [-0.1, -0.05) is 41.4 Å². The molecular formula is C20H20Cl2N2O3. The van der Waals surface area contributed by atoms with E-state index in [2.05, 4.69) is 0 Å². The topological polar surface area (TPSA) is 53.0 Å². The summed E-state index contributed by atoms with van der Waals surface area (Å²) in [7, 11) is 1.91. The lowest BCUT2D eigenvalue weighted by atomic mass is 10.1. The molecule has 0 aromatic heterocycles. The fourth-order valence-electron chi connectivity index (χ4n) is 4.03. The van der Waals surface area contributed by atoms with E-state index in [0.29, 0.717) is 29.6 Å². The molecule has 1 heterocycles. The van der Waals surface area contributed by atoms with Crippen molar-refractivity contribution in [1.29, 1.82) is 0 Å². The standard InChI is InChI=1S/C20H20Cl2N2O3/c1-23(19-16-7-12(21)8-17(22)15(16)9-18(19)25)10-14-11-24(20(26)27-14)13-5-3-2-4-6-13/h2-8,14,18-19,25H,9-11H2,1H3/t14-,18-,19-/m1/s1. The lowest BCUT2D eigenvalue weighted by Crippen LogP contribution is -2.38. The number of hydrogen-bond acceptors (Lipinski definition) is 4. The van der Waals surface area contributed by atoms with Gasteiger partial charge in [0.1, 0.15) is 6.10 Å². The molecule has 0 radical (unpaired) electrons. The fourth-order valence-corrected chi connectivity index (χ4v) is 4.62. The maximum Gasteiger partial charge on any atom is 0.414 e. The molecule has 0 spiro atoms. The van der Waals surface area contributed by atoms with Gasteiger partial charge in [0, 0.05) is 28.7 Å². The SMILES string of the molecule is CN(C[C@@H]1CN(c2ccccc2)C(=O)O1)[C@@H]1c2cc(Cl)cc(Cl)c2C[C@H]1O. The van der Waals surface area contributed by atoms with Crippen molar-refractivity contribution in [1.82, 2.24) is 4.90 Å². The maximum atomic E-state index is 12.2. The molecule has 2 aliphatic rings. The van der Waals surface area contributed by atoms with Gasteiger partial charge < -0.3 is 9.84 Å². The number of carbonyl (C=O) groups excluding carboxylic acids is 1. The van der Waals surface area contributed by atoms with E-state index in [4.69, 9.17) is 27.9 Å². The molecule has 142 valence electrons. The Balaban J connectivity index is 1.49. The van der Waals surface area contributed by atoms with Crippen molar-refractivity contribution in [3.05, 3.63) is 63.6 Å². The van der Waals surface area contributed by atoms with Gasteiger partial charge in [-0.2, -0.15) is 0 Å². The maximum absolute atomic E-state index is 12.2. The Morgan fingerprint density at radius 2 is 2.00 bits per heavy atom. The summed E-state index contributed by atoms with van der Waals surface area (Å²) >= 11 is 12.5. The van der Waals surface area contributed by atoms with E-state index >= 15 is 0 Å². The van der Waals surface area contributed by atoms with Crippen LogP contribution in [0.15, 0.2) is 42.5 Å². The van der Waals surface area contributed by atoms with E-state index in [1.54, 1.807) is 11.0 Å². The normalized spacial score (nSPS) is 24.4. The number of ether oxygens (including phenoxy) is 1. The molecule has 2 aromatic carbocycles. The van der Waals surface area contributed by atoms with E-state index in [-0.39, 0.29) is 18.2 Å². The van der Waals surface area contributed by atoms with Gasteiger partial charge in [-0.05, 0) is 42.4 Å². The van der Waals surface area contributed by atoms with Crippen molar-refractivity contribution < 1.29 is 14.6 Å². The molecule has 1 aliphatic carbocycles. The quantitative estimate of drug-likeness (QED) is 0.835. The summed E-state index contributed by atoms with van der Waals surface area (Å²) in [5, 5.41) is 11.7. The number of nitrogens with zero attached hydrogens (tertiary/aromatic N) is 2. The zero-order valence-electron chi connectivity index (χ0n) is 14.8. The highest BCUT2D eigenvalue weighted by atomic mass is 35.5. The number of aliphatic hydroxyl groups excluding tert-OH is 1. The van der Waals surface area contributed by atoms with Crippen LogP contribution < -0.4 is 4.90 Å². The second kappa shape index (κ2) is 7.32. The van der Waals surface area contributed by atoms with E-state index in [1.807, 2.05) is 48.3 Å². The second-order valence-corrected chi connectivity index (χ2v) is 7.91. The largest absolute Gasteiger partial charge is 0.443 e. The molecule has 2 aromatic rings. The first-order valence-corrected chi connectivity index (χ1v) is 9.59. The summed E-state index contributed by atoms with van der Waals surface area (Å²) < 4.78 is 5.54. The van der Waals surface area contributed by atoms with E-state index < -0.39 is 6.10 Å². The minimum absolute atomic E-state index is 0.235. The van der Waals surface area contributed by atoms with Crippen LogP contribution in [0.3, 0.4) is 0 Å². The van der Waals surface area contributed by atoms with Crippen LogP contribution in [0.2, 0.25) is 10.0 Å². The van der Waals surface area contributed by atoms with Crippen LogP contribution >= 0.6 is 23.2 Å². The van der Waals surface area contributed by atoms with E-state index in [9.17, 15) is 9.90 Å². The molecule has 5 nitrogen and oxygen atoms in total. The molecule has 0 unspecified atom stereocenters. The number of fused-ring (bicyclic) bond motifs is 1. The molecule has 3 atom stereocenters. The molecule has 1 N–H and O–H groups in total. The summed E-state index contributed by atoms with van der Waals surface area (Å²) in [5.41, 5.74) is 2.68. The number of likely N-dealkylation sites (N-methyl/N-ethyl adjacent to an activating group) is 1. The van der Waals surface area contributed by atoms with Gasteiger partial charge in [0.2, 0.25) is 0 Å². The number of benzene rings is 2. The van der Waals surface area contributed by atoms with Gasteiger partial charge >= 0.3 is 6.09 Å². The Bertz CT molecular complexity index is 862. The van der Waals surface area contributed by atoms with Crippen molar-refractivity contribution in [2.24, 2.45) is 0 Å². The molecule has 1 saturated heterocycles. The van der Waals surface area contributed by atoms with Gasteiger partial charge in [0.25, 0.3) is 0 Å². The average molecular weight is 407 g/mol. The predicted octanol–water partition coefficient (Wildman–Crippen LogP) is 3.91. The van der Waals surface area contributed by atoms with Gasteiger partial charge in [-0.3, -0.25) is 9.80 Å². The Labute approximate surface area is 168 Å². The Morgan fingerprint density at radius 3 is 2.74 bits per heavy atom. The molecular weight excluding hydrogens is 387 g/mol. The smallest absolute Gasteiger partial charge is 0.414 e. The minimum Gasteiger partial charge on any atom is -0.443 e. The number of anilines is 1. The van der Waals surface area contributed by atoms with Crippen LogP contribution in [0.5, 0.6) is 0 Å². The summed E-state index contributed by atoms with van der Waals surface area (Å²) in [6.07, 6.45) is -0.726. The molecule has 7 heteroatoms. The van der Waals surface area contributed by atoms with Crippen LogP contribution in [0, 0.1) is 0 Å². The van der Waals surface area contributed by atoms with Crippen molar-refractivity contribution >= 4 is 35.0 Å². The Hall–Kier alpha value is -1.79. The van der Waals surface area contributed by atoms with Crippen LogP contribution in [0.1, 0.15) is 17.2 Å². The number of rotatable bonds is 4. The van der Waals surface area contributed by atoms with E-state index in [0.717, 1.165) is 16.8 Å². The van der Waals surface area contributed by atoms with Gasteiger partial charge in [0.05, 0.1) is 18.7 Å². The van der Waals surface area contributed by atoms with Crippen LogP contribution in [-0.2, 0) is 11.2 Å². The monoisotopic (exact) mass is 406 g/mol. The highest BCUT2D eigenvalue weighted by Crippen LogP contribution is 2.41. The van der Waals surface area contributed by atoms with Gasteiger partial charge in [0.15, 0.2) is 0 Å². The molecule has 0 saturated carbocycles. The Kier molecular flexibility index (Phi) is 5.03. The molecule has 1 amide bonds. The van der Waals surface area contributed by atoms with Crippen molar-refractivity contribution in [2.75, 3.05) is 25.0 Å². The van der Waals surface area contributed by atoms with E-state index in [1.165, 1.54) is 0 Å². The van der Waals surface area contributed by atoms with Gasteiger partial charge in [-0.25, -0.2) is 4.79 Å². The van der Waals surface area contributed by atoms with Crippen LogP contribution in [0.25, 0.3) is 0 Å². The number of halogens is 2. The summed E-state index contributed by atoms with van der Waals surface area (Å²) in [4.78, 5) is 15.9. The zero-order valence-corrected chi connectivity index (χ0v) is 16.3. The van der Waals surface area contributed by atoms with Crippen LogP contribution in [-0.4, -0.2) is 48.4 Å². The van der Waals surface area contributed by atoms with Crippen molar-refractivity contribution in [2.45, 2.75) is 24.7 Å². The summed E-state index contributed by atoms with van der Waals surface area (Å²) in [5.74, 6) is 0. The third-order valence-electron chi connectivity index (χ3n) is 5.20. The third kappa shape index (κ3) is 3.52. The predicted molar refractivity (Wildman–Crippen MR) is 106 cm³/mol. The molecule has 1 aliphatic heterocycles. The first-order valence-electron chi connectivity index (χ1n) is 8.83. The third-order valence-corrected chi connectivity index (χ3v) is 5.76. The second-order valence-electron chi connectivity index (χ2n) is 7.06. The van der Waals surface area contributed by atoms with Crippen molar-refractivity contribution in [3.63, 3.8) is 0 Å². The fraction of sp³-hybridized carbons (Fsp3) is 0.350. The number of carbonyl (C=O) groups is 1. The number of aliphatic hydroxyl groups is 1. The molecule has 0 bridgehead atoms. The van der Waals surface area contributed by atoms with Crippen molar-refractivity contribution in [3.8, 4) is 0 Å². The first kappa shape index (κ1) is 18.6. The first-order chi connectivity index (χ1) is 12.9. The molecule has 1 fully saturated rings. The number of amides is 1. The Morgan fingerprint density at radius 1 is 1.26 bits per heavy atom. The lowest BCUT2D eigenvalue weighted by Gasteiger charge is -2.29. The number of cyclic esters (lactones) is 1.